The average molecular weight is 320 g/mol. The molecule has 1 rings (SSSR count). The van der Waals surface area contributed by atoms with Gasteiger partial charge in [-0.1, -0.05) is 46.4 Å². The summed E-state index contributed by atoms with van der Waals surface area (Å²) in [5, 5.41) is -0.739. The molecular weight excluding hydrogens is 317 g/mol. The Labute approximate surface area is 130 Å². The van der Waals surface area contributed by atoms with Crippen LogP contribution < -0.4 is 29.6 Å². The van der Waals surface area contributed by atoms with E-state index in [0.717, 1.165) is 6.07 Å². The maximum absolute atomic E-state index is 10.8. The van der Waals surface area contributed by atoms with E-state index in [-0.39, 0.29) is 51.1 Å². The van der Waals surface area contributed by atoms with Gasteiger partial charge in [-0.15, -0.1) is 0 Å². The Hall–Kier alpha value is 1.29. The van der Waals surface area contributed by atoms with Crippen LogP contribution in [0.3, 0.4) is 0 Å². The van der Waals surface area contributed by atoms with Crippen LogP contribution in [-0.2, 0) is 10.1 Å². The SMILES string of the molecule is O=S(=O)(O)c1cc(Cl)c(Cl)c(Cl)c1Cl.[H-].[Na+]. The summed E-state index contributed by atoms with van der Waals surface area (Å²) in [5.41, 5.74) is 0. The zero-order valence-corrected chi connectivity index (χ0v) is 13.1. The fourth-order valence-electron chi connectivity index (χ4n) is 0.739. The van der Waals surface area contributed by atoms with Gasteiger partial charge in [0, 0.05) is 0 Å². The molecule has 9 heteroatoms. The molecule has 0 aromatic heterocycles. The summed E-state index contributed by atoms with van der Waals surface area (Å²) < 4.78 is 30.3. The van der Waals surface area contributed by atoms with E-state index < -0.39 is 15.0 Å². The fourth-order valence-corrected chi connectivity index (χ4v) is 2.55. The number of benzene rings is 1. The summed E-state index contributed by atoms with van der Waals surface area (Å²) >= 11 is 22.2. The minimum Gasteiger partial charge on any atom is -1.00 e. The molecule has 3 nitrogen and oxygen atoms in total. The predicted octanol–water partition coefficient (Wildman–Crippen LogP) is 0.663. The number of hydrogen-bond donors (Lipinski definition) is 1. The van der Waals surface area contributed by atoms with Gasteiger partial charge in [-0.05, 0) is 6.07 Å². The van der Waals surface area contributed by atoms with Crippen molar-refractivity contribution >= 4 is 56.5 Å². The molecule has 1 aromatic carbocycles. The second-order valence-corrected chi connectivity index (χ2v) is 5.20. The summed E-state index contributed by atoms with van der Waals surface area (Å²) in [6, 6.07) is 0.924. The summed E-state index contributed by atoms with van der Waals surface area (Å²) in [5.74, 6) is 0. The van der Waals surface area contributed by atoms with E-state index in [0.29, 0.717) is 0 Å². The molecule has 0 unspecified atom stereocenters. The van der Waals surface area contributed by atoms with Crippen LogP contribution in [0.5, 0.6) is 0 Å². The van der Waals surface area contributed by atoms with Crippen LogP contribution in [0, 0.1) is 0 Å². The number of hydrogen-bond acceptors (Lipinski definition) is 2. The van der Waals surface area contributed by atoms with Gasteiger partial charge in [0.2, 0.25) is 0 Å². The Bertz CT molecular complexity index is 493. The zero-order chi connectivity index (χ0) is 11.1. The normalized spacial score (nSPS) is 11.0. The van der Waals surface area contributed by atoms with Gasteiger partial charge in [0.05, 0.1) is 20.1 Å². The van der Waals surface area contributed by atoms with Crippen molar-refractivity contribution in [3.05, 3.63) is 26.2 Å². The molecule has 0 radical (unpaired) electrons. The third-order valence-corrected chi connectivity index (χ3v) is 4.09. The van der Waals surface area contributed by atoms with Gasteiger partial charge < -0.3 is 1.43 Å². The molecule has 0 saturated heterocycles. The molecule has 0 saturated carbocycles. The summed E-state index contributed by atoms with van der Waals surface area (Å²) in [7, 11) is -4.45. The second kappa shape index (κ2) is 5.76. The maximum atomic E-state index is 10.8. The summed E-state index contributed by atoms with van der Waals surface area (Å²) in [6.07, 6.45) is 0. The number of halogens is 4. The van der Waals surface area contributed by atoms with Crippen molar-refractivity contribution in [2.75, 3.05) is 0 Å². The average Bonchev–Trinajstić information content (AvgIpc) is 2.06. The van der Waals surface area contributed by atoms with Gasteiger partial charge in [0.1, 0.15) is 4.90 Å². The van der Waals surface area contributed by atoms with Crippen molar-refractivity contribution in [1.82, 2.24) is 0 Å². The molecule has 0 spiro atoms. The van der Waals surface area contributed by atoms with Crippen LogP contribution in [0.2, 0.25) is 20.1 Å². The standard InChI is InChI=1S/C6H2Cl4O3S.Na.H/c7-2-1-3(14(11,12)13)5(9)6(10)4(2)8;;/h1H,(H,11,12,13);;/q;+1;-1. The van der Waals surface area contributed by atoms with Crippen molar-refractivity contribution in [3.8, 4) is 0 Å². The monoisotopic (exact) mass is 318 g/mol. The van der Waals surface area contributed by atoms with E-state index in [1.54, 1.807) is 0 Å². The van der Waals surface area contributed by atoms with E-state index in [4.69, 9.17) is 51.0 Å². The zero-order valence-electron chi connectivity index (χ0n) is 8.26. The smallest absolute Gasteiger partial charge is 1.00 e. The first-order valence-electron chi connectivity index (χ1n) is 3.05. The van der Waals surface area contributed by atoms with E-state index in [1.165, 1.54) is 0 Å². The first-order valence-corrected chi connectivity index (χ1v) is 6.01. The van der Waals surface area contributed by atoms with E-state index >= 15 is 0 Å². The van der Waals surface area contributed by atoms with Gasteiger partial charge in [0.15, 0.2) is 0 Å². The third-order valence-electron chi connectivity index (χ3n) is 1.35. The van der Waals surface area contributed by atoms with Crippen molar-refractivity contribution in [2.24, 2.45) is 0 Å². The first-order chi connectivity index (χ1) is 6.25. The molecule has 0 aliphatic rings. The molecule has 0 bridgehead atoms. The minimum absolute atomic E-state index is 0. The Morgan fingerprint density at radius 1 is 1.07 bits per heavy atom. The Kier molecular flexibility index (Phi) is 6.25. The molecule has 0 amide bonds. The quantitative estimate of drug-likeness (QED) is 0.358. The molecule has 1 aromatic rings. The third kappa shape index (κ3) is 3.63. The van der Waals surface area contributed by atoms with Gasteiger partial charge in [-0.25, -0.2) is 0 Å². The van der Waals surface area contributed by atoms with E-state index in [2.05, 4.69) is 0 Å². The van der Waals surface area contributed by atoms with Crippen molar-refractivity contribution in [1.29, 1.82) is 0 Å². The Morgan fingerprint density at radius 3 is 1.93 bits per heavy atom. The molecular formula is C6H3Cl4NaO3S. The molecule has 0 atom stereocenters. The van der Waals surface area contributed by atoms with E-state index in [9.17, 15) is 8.42 Å². The van der Waals surface area contributed by atoms with Crippen molar-refractivity contribution in [2.45, 2.75) is 4.90 Å². The van der Waals surface area contributed by atoms with Crippen LogP contribution >= 0.6 is 46.4 Å². The van der Waals surface area contributed by atoms with Gasteiger partial charge in [0.25, 0.3) is 10.1 Å². The van der Waals surface area contributed by atoms with Crippen LogP contribution in [0.1, 0.15) is 1.43 Å². The topological polar surface area (TPSA) is 54.4 Å². The predicted molar refractivity (Wildman–Crippen MR) is 57.4 cm³/mol. The van der Waals surface area contributed by atoms with E-state index in [1.807, 2.05) is 0 Å². The largest absolute Gasteiger partial charge is 1.00 e. The van der Waals surface area contributed by atoms with Crippen LogP contribution in [-0.4, -0.2) is 13.0 Å². The van der Waals surface area contributed by atoms with Gasteiger partial charge in [-0.3, -0.25) is 4.55 Å². The minimum atomic E-state index is -4.45. The molecule has 0 heterocycles. The second-order valence-electron chi connectivity index (χ2n) is 2.27. The Balaban J connectivity index is 0. The molecule has 0 fully saturated rings. The molecule has 0 aliphatic carbocycles. The molecule has 1 N–H and O–H groups in total. The van der Waals surface area contributed by atoms with Crippen LogP contribution in [0.15, 0.2) is 11.0 Å². The van der Waals surface area contributed by atoms with Gasteiger partial charge in [-0.2, -0.15) is 8.42 Å². The number of rotatable bonds is 1. The van der Waals surface area contributed by atoms with Gasteiger partial charge >= 0.3 is 29.6 Å². The first kappa shape index (κ1) is 16.3. The van der Waals surface area contributed by atoms with Crippen molar-refractivity contribution in [3.63, 3.8) is 0 Å². The molecule has 0 aliphatic heterocycles. The molecule has 15 heavy (non-hydrogen) atoms. The summed E-state index contributed by atoms with van der Waals surface area (Å²) in [4.78, 5) is -0.571. The fraction of sp³-hybridized carbons (Fsp3) is 0. The van der Waals surface area contributed by atoms with Crippen molar-refractivity contribution < 1.29 is 44.0 Å². The molecule has 80 valence electrons. The Morgan fingerprint density at radius 2 is 1.53 bits per heavy atom. The summed E-state index contributed by atoms with van der Waals surface area (Å²) in [6.45, 7) is 0. The van der Waals surface area contributed by atoms with Crippen LogP contribution in [0.25, 0.3) is 0 Å². The van der Waals surface area contributed by atoms with Crippen LogP contribution in [0.4, 0.5) is 0 Å². The maximum Gasteiger partial charge on any atom is 1.00 e.